The zero-order valence-electron chi connectivity index (χ0n) is 12.4. The molecule has 2 aromatic carbocycles. The van der Waals surface area contributed by atoms with E-state index in [1.807, 2.05) is 48.5 Å². The summed E-state index contributed by atoms with van der Waals surface area (Å²) in [5, 5.41) is 12.6. The number of hydrogen-bond acceptors (Lipinski definition) is 3. The molecular formula is C18H16Cl2N2S. The summed E-state index contributed by atoms with van der Waals surface area (Å²) in [5.41, 5.74) is 4.61. The first-order chi connectivity index (χ1) is 11.2. The van der Waals surface area contributed by atoms with E-state index in [-0.39, 0.29) is 0 Å². The molecule has 0 atom stereocenters. The molecule has 1 aromatic heterocycles. The van der Waals surface area contributed by atoms with Gasteiger partial charge in [0.05, 0.1) is 0 Å². The molecule has 5 heteroatoms. The van der Waals surface area contributed by atoms with Crippen molar-refractivity contribution in [2.45, 2.75) is 13.1 Å². The molecule has 3 aromatic rings. The molecule has 0 amide bonds. The maximum absolute atomic E-state index is 6.01. The summed E-state index contributed by atoms with van der Waals surface area (Å²) in [7, 11) is 0. The molecule has 1 heterocycles. The van der Waals surface area contributed by atoms with Gasteiger partial charge in [0.15, 0.2) is 0 Å². The summed E-state index contributed by atoms with van der Waals surface area (Å²) in [6, 6.07) is 15.5. The van der Waals surface area contributed by atoms with Crippen LogP contribution in [-0.4, -0.2) is 0 Å². The van der Waals surface area contributed by atoms with Gasteiger partial charge in [-0.15, -0.1) is 0 Å². The second kappa shape index (κ2) is 7.73. The number of anilines is 2. The largest absolute Gasteiger partial charge is 0.381 e. The van der Waals surface area contributed by atoms with Crippen LogP contribution in [0.2, 0.25) is 10.0 Å². The molecule has 0 saturated carbocycles. The second-order valence-electron chi connectivity index (χ2n) is 5.15. The van der Waals surface area contributed by atoms with E-state index in [1.54, 1.807) is 11.3 Å². The highest BCUT2D eigenvalue weighted by atomic mass is 35.5. The van der Waals surface area contributed by atoms with Gasteiger partial charge in [0.25, 0.3) is 0 Å². The lowest BCUT2D eigenvalue weighted by atomic mass is 10.2. The summed E-state index contributed by atoms with van der Waals surface area (Å²) >= 11 is 13.7. The molecule has 2 nitrogen and oxygen atoms in total. The highest BCUT2D eigenvalue weighted by molar-refractivity contribution is 7.08. The summed E-state index contributed by atoms with van der Waals surface area (Å²) in [5.74, 6) is 0. The van der Waals surface area contributed by atoms with Crippen LogP contribution < -0.4 is 10.6 Å². The Morgan fingerprint density at radius 1 is 0.739 bits per heavy atom. The van der Waals surface area contributed by atoms with Crippen molar-refractivity contribution in [1.82, 2.24) is 0 Å². The molecule has 0 radical (unpaired) electrons. The molecule has 0 unspecified atom stereocenters. The van der Waals surface area contributed by atoms with E-state index in [4.69, 9.17) is 23.2 Å². The smallest absolute Gasteiger partial charge is 0.0426 e. The molecule has 0 spiro atoms. The van der Waals surface area contributed by atoms with E-state index in [2.05, 4.69) is 21.4 Å². The summed E-state index contributed by atoms with van der Waals surface area (Å²) in [6.45, 7) is 1.55. The summed E-state index contributed by atoms with van der Waals surface area (Å²) in [4.78, 5) is 0. The molecule has 0 saturated heterocycles. The Bertz CT molecular complexity index is 722. The van der Waals surface area contributed by atoms with E-state index in [0.29, 0.717) is 0 Å². The van der Waals surface area contributed by atoms with Gasteiger partial charge in [-0.1, -0.05) is 35.3 Å². The standard InChI is InChI=1S/C18H16Cl2N2S/c19-15-3-1-5-17(7-15)21-9-13-11-23-12-14(13)10-22-18-6-2-4-16(20)8-18/h1-8,11-12,21-22H,9-10H2. The lowest BCUT2D eigenvalue weighted by Gasteiger charge is -2.10. The van der Waals surface area contributed by atoms with Gasteiger partial charge in [-0.3, -0.25) is 0 Å². The van der Waals surface area contributed by atoms with Crippen molar-refractivity contribution < 1.29 is 0 Å². The SMILES string of the molecule is Clc1cccc(NCc2cscc2CNc2cccc(Cl)c2)c1. The first-order valence-corrected chi connectivity index (χ1v) is 8.93. The van der Waals surface area contributed by atoms with Gasteiger partial charge in [-0.2, -0.15) is 11.3 Å². The minimum Gasteiger partial charge on any atom is -0.381 e. The fraction of sp³-hybridized carbons (Fsp3) is 0.111. The Balaban J connectivity index is 1.61. The second-order valence-corrected chi connectivity index (χ2v) is 6.77. The van der Waals surface area contributed by atoms with Crippen LogP contribution in [0.25, 0.3) is 0 Å². The quantitative estimate of drug-likeness (QED) is 0.539. The Kier molecular flexibility index (Phi) is 5.44. The molecule has 23 heavy (non-hydrogen) atoms. The third-order valence-electron chi connectivity index (χ3n) is 3.45. The fourth-order valence-electron chi connectivity index (χ4n) is 2.25. The van der Waals surface area contributed by atoms with Crippen molar-refractivity contribution in [3.05, 3.63) is 80.5 Å². The van der Waals surface area contributed by atoms with E-state index in [9.17, 15) is 0 Å². The van der Waals surface area contributed by atoms with Crippen LogP contribution >= 0.6 is 34.5 Å². The highest BCUT2D eigenvalue weighted by Crippen LogP contribution is 2.21. The van der Waals surface area contributed by atoms with Crippen molar-refractivity contribution in [2.24, 2.45) is 0 Å². The van der Waals surface area contributed by atoms with Crippen molar-refractivity contribution in [1.29, 1.82) is 0 Å². The predicted octanol–water partition coefficient (Wildman–Crippen LogP) is 6.28. The Labute approximate surface area is 150 Å². The van der Waals surface area contributed by atoms with Gasteiger partial charge >= 0.3 is 0 Å². The number of nitrogens with one attached hydrogen (secondary N) is 2. The van der Waals surface area contributed by atoms with Crippen molar-refractivity contribution in [2.75, 3.05) is 10.6 Å². The molecule has 0 aliphatic rings. The van der Waals surface area contributed by atoms with Crippen LogP contribution in [0.4, 0.5) is 11.4 Å². The average Bonchev–Trinajstić information content (AvgIpc) is 2.99. The van der Waals surface area contributed by atoms with Crippen molar-refractivity contribution >= 4 is 45.9 Å². The van der Waals surface area contributed by atoms with Crippen molar-refractivity contribution in [3.8, 4) is 0 Å². The number of halogens is 2. The lowest BCUT2D eigenvalue weighted by Crippen LogP contribution is -2.04. The van der Waals surface area contributed by atoms with Gasteiger partial charge in [0, 0.05) is 34.5 Å². The summed E-state index contributed by atoms with van der Waals surface area (Å²) < 4.78 is 0. The number of hydrogen-bond donors (Lipinski definition) is 2. The number of benzene rings is 2. The maximum Gasteiger partial charge on any atom is 0.0426 e. The normalized spacial score (nSPS) is 10.5. The van der Waals surface area contributed by atoms with Gasteiger partial charge < -0.3 is 10.6 Å². The average molecular weight is 363 g/mol. The molecule has 0 aliphatic carbocycles. The molecule has 2 N–H and O–H groups in total. The third-order valence-corrected chi connectivity index (χ3v) is 4.76. The van der Waals surface area contributed by atoms with Gasteiger partial charge in [-0.25, -0.2) is 0 Å². The number of rotatable bonds is 6. The Morgan fingerprint density at radius 3 is 1.65 bits per heavy atom. The maximum atomic E-state index is 6.01. The third kappa shape index (κ3) is 4.64. The molecule has 0 aliphatic heterocycles. The van der Waals surface area contributed by atoms with Gasteiger partial charge in [0.1, 0.15) is 0 Å². The van der Waals surface area contributed by atoms with Crippen molar-refractivity contribution in [3.63, 3.8) is 0 Å². The number of thiophene rings is 1. The minimum absolute atomic E-state index is 0.739. The Hall–Kier alpha value is -1.68. The zero-order chi connectivity index (χ0) is 16.1. The minimum atomic E-state index is 0.739. The predicted molar refractivity (Wildman–Crippen MR) is 102 cm³/mol. The Morgan fingerprint density at radius 2 is 1.22 bits per heavy atom. The van der Waals surface area contributed by atoms with Crippen LogP contribution in [0.15, 0.2) is 59.3 Å². The van der Waals surface area contributed by atoms with E-state index >= 15 is 0 Å². The molecule has 0 bridgehead atoms. The van der Waals surface area contributed by atoms with Crippen LogP contribution in [0.1, 0.15) is 11.1 Å². The lowest BCUT2D eigenvalue weighted by molar-refractivity contribution is 1.07. The van der Waals surface area contributed by atoms with Crippen LogP contribution in [0, 0.1) is 0 Å². The van der Waals surface area contributed by atoms with E-state index in [1.165, 1.54) is 11.1 Å². The molecule has 0 fully saturated rings. The zero-order valence-corrected chi connectivity index (χ0v) is 14.7. The monoisotopic (exact) mass is 362 g/mol. The topological polar surface area (TPSA) is 24.1 Å². The van der Waals surface area contributed by atoms with E-state index in [0.717, 1.165) is 34.5 Å². The first kappa shape index (κ1) is 16.2. The van der Waals surface area contributed by atoms with Crippen LogP contribution in [0.5, 0.6) is 0 Å². The van der Waals surface area contributed by atoms with E-state index < -0.39 is 0 Å². The van der Waals surface area contributed by atoms with Crippen LogP contribution in [0.3, 0.4) is 0 Å². The fourth-order valence-corrected chi connectivity index (χ4v) is 3.50. The first-order valence-electron chi connectivity index (χ1n) is 7.23. The summed E-state index contributed by atoms with van der Waals surface area (Å²) in [6.07, 6.45) is 0. The molecule has 118 valence electrons. The molecular weight excluding hydrogens is 347 g/mol. The van der Waals surface area contributed by atoms with Gasteiger partial charge in [0.2, 0.25) is 0 Å². The van der Waals surface area contributed by atoms with Gasteiger partial charge in [-0.05, 0) is 58.3 Å². The highest BCUT2D eigenvalue weighted by Gasteiger charge is 2.04. The molecule has 3 rings (SSSR count). The van der Waals surface area contributed by atoms with Crippen LogP contribution in [-0.2, 0) is 13.1 Å².